The van der Waals surface area contributed by atoms with Crippen LogP contribution in [-0.4, -0.2) is 38.4 Å². The van der Waals surface area contributed by atoms with E-state index in [1.165, 1.54) is 24.2 Å². The minimum absolute atomic E-state index is 0.441. The molecule has 21 heavy (non-hydrogen) atoms. The van der Waals surface area contributed by atoms with Gasteiger partial charge in [-0.3, -0.25) is 0 Å². The molecule has 1 N–H and O–H groups in total. The van der Waals surface area contributed by atoms with Crippen molar-refractivity contribution in [2.24, 2.45) is 5.92 Å². The second kappa shape index (κ2) is 6.28. The Morgan fingerprint density at radius 1 is 1.43 bits per heavy atom. The lowest BCUT2D eigenvalue weighted by Crippen LogP contribution is -2.43. The summed E-state index contributed by atoms with van der Waals surface area (Å²) in [6, 6.07) is 2.42. The standard InChI is InChI=1S/C14H21BrN2O2S2/c1-10-13(7-14(15)20-10)21(18,19)17-6-2-3-11(9-17)8-16-12-4-5-12/h7,11-12,16H,2-6,8-9H2,1H3. The molecular weight excluding hydrogens is 372 g/mol. The molecule has 0 amide bonds. The molecule has 118 valence electrons. The molecule has 1 saturated heterocycles. The van der Waals surface area contributed by atoms with Gasteiger partial charge >= 0.3 is 0 Å². The maximum Gasteiger partial charge on any atom is 0.244 e. The van der Waals surface area contributed by atoms with Crippen molar-refractivity contribution in [3.05, 3.63) is 14.7 Å². The number of halogens is 1. The zero-order valence-electron chi connectivity index (χ0n) is 12.1. The monoisotopic (exact) mass is 392 g/mol. The Morgan fingerprint density at radius 2 is 2.19 bits per heavy atom. The summed E-state index contributed by atoms with van der Waals surface area (Å²) in [4.78, 5) is 1.33. The summed E-state index contributed by atoms with van der Waals surface area (Å²) < 4.78 is 28.2. The van der Waals surface area contributed by atoms with Crippen molar-refractivity contribution in [3.8, 4) is 0 Å². The van der Waals surface area contributed by atoms with E-state index in [4.69, 9.17) is 0 Å². The van der Waals surface area contributed by atoms with Crippen LogP contribution < -0.4 is 5.32 Å². The third-order valence-corrected chi connectivity index (χ3v) is 7.89. The van der Waals surface area contributed by atoms with Gasteiger partial charge in [-0.25, -0.2) is 8.42 Å². The topological polar surface area (TPSA) is 49.4 Å². The van der Waals surface area contributed by atoms with Crippen LogP contribution in [0.1, 0.15) is 30.6 Å². The van der Waals surface area contributed by atoms with Crippen LogP contribution in [0.5, 0.6) is 0 Å². The van der Waals surface area contributed by atoms with Crippen LogP contribution in [0, 0.1) is 12.8 Å². The third-order valence-electron chi connectivity index (χ3n) is 4.21. The number of nitrogens with zero attached hydrogens (tertiary/aromatic N) is 1. The van der Waals surface area contributed by atoms with Gasteiger partial charge in [0.15, 0.2) is 0 Å². The average molecular weight is 393 g/mol. The highest BCUT2D eigenvalue weighted by atomic mass is 79.9. The van der Waals surface area contributed by atoms with Crippen LogP contribution in [0.2, 0.25) is 0 Å². The molecule has 4 nitrogen and oxygen atoms in total. The molecule has 2 fully saturated rings. The molecule has 2 aliphatic rings. The van der Waals surface area contributed by atoms with Crippen LogP contribution >= 0.6 is 27.3 Å². The maximum absolute atomic E-state index is 12.8. The third kappa shape index (κ3) is 3.69. The fourth-order valence-electron chi connectivity index (χ4n) is 2.86. The largest absolute Gasteiger partial charge is 0.314 e. The zero-order chi connectivity index (χ0) is 15.0. The molecule has 1 unspecified atom stereocenters. The SMILES string of the molecule is Cc1sc(Br)cc1S(=O)(=O)N1CCCC(CNC2CC2)C1. The summed E-state index contributed by atoms with van der Waals surface area (Å²) in [6.07, 6.45) is 4.63. The van der Waals surface area contributed by atoms with E-state index < -0.39 is 10.0 Å². The molecule has 1 saturated carbocycles. The van der Waals surface area contributed by atoms with Gasteiger partial charge in [0.05, 0.1) is 8.68 Å². The Balaban J connectivity index is 1.70. The van der Waals surface area contributed by atoms with Crippen molar-refractivity contribution < 1.29 is 8.42 Å². The van der Waals surface area contributed by atoms with Crippen LogP contribution in [0.4, 0.5) is 0 Å². The summed E-state index contributed by atoms with van der Waals surface area (Å²) in [5.41, 5.74) is 0. The Labute approximate surface area is 139 Å². The first-order valence-electron chi connectivity index (χ1n) is 7.46. The first-order valence-corrected chi connectivity index (χ1v) is 10.5. The van der Waals surface area contributed by atoms with E-state index in [-0.39, 0.29) is 0 Å². The minimum atomic E-state index is -3.34. The quantitative estimate of drug-likeness (QED) is 0.837. The summed E-state index contributed by atoms with van der Waals surface area (Å²) in [6.45, 7) is 4.12. The molecule has 1 aliphatic carbocycles. The molecule has 7 heteroatoms. The highest BCUT2D eigenvalue weighted by Gasteiger charge is 2.32. The average Bonchev–Trinajstić information content (AvgIpc) is 3.21. The predicted octanol–water partition coefficient (Wildman–Crippen LogP) is 2.97. The first-order chi connectivity index (χ1) is 9.96. The summed E-state index contributed by atoms with van der Waals surface area (Å²) in [7, 11) is -3.34. The number of rotatable bonds is 5. The van der Waals surface area contributed by atoms with Gasteiger partial charge in [-0.2, -0.15) is 4.31 Å². The van der Waals surface area contributed by atoms with Gasteiger partial charge in [0.1, 0.15) is 0 Å². The van der Waals surface area contributed by atoms with Gasteiger partial charge in [0.2, 0.25) is 10.0 Å². The molecule has 2 heterocycles. The molecule has 1 aliphatic heterocycles. The fourth-order valence-corrected chi connectivity index (χ4v) is 6.80. The number of piperidine rings is 1. The molecule has 0 aromatic carbocycles. The van der Waals surface area contributed by atoms with Crippen LogP contribution in [0.15, 0.2) is 14.7 Å². The molecule has 3 rings (SSSR count). The Bertz CT molecular complexity index is 610. The number of hydrogen-bond acceptors (Lipinski definition) is 4. The number of nitrogens with one attached hydrogen (secondary N) is 1. The Hall–Kier alpha value is 0.0500. The normalized spacial score (nSPS) is 24.4. The van der Waals surface area contributed by atoms with E-state index in [0.29, 0.717) is 29.9 Å². The van der Waals surface area contributed by atoms with Gasteiger partial charge in [-0.15, -0.1) is 11.3 Å². The Kier molecular flexibility index (Phi) is 4.76. The van der Waals surface area contributed by atoms with Crippen molar-refractivity contribution in [2.75, 3.05) is 19.6 Å². The van der Waals surface area contributed by atoms with Crippen molar-refractivity contribution >= 4 is 37.3 Å². The molecule has 0 radical (unpaired) electrons. The van der Waals surface area contributed by atoms with Crippen LogP contribution in [-0.2, 0) is 10.0 Å². The second-order valence-corrected chi connectivity index (χ2v) is 10.6. The van der Waals surface area contributed by atoms with E-state index in [1.54, 1.807) is 10.4 Å². The van der Waals surface area contributed by atoms with E-state index in [1.807, 2.05) is 6.92 Å². The highest BCUT2D eigenvalue weighted by molar-refractivity contribution is 9.11. The Morgan fingerprint density at radius 3 is 2.81 bits per heavy atom. The lowest BCUT2D eigenvalue weighted by atomic mass is 10.00. The minimum Gasteiger partial charge on any atom is -0.314 e. The lowest BCUT2D eigenvalue weighted by molar-refractivity contribution is 0.259. The van der Waals surface area contributed by atoms with Gasteiger partial charge in [0.25, 0.3) is 0 Å². The number of hydrogen-bond donors (Lipinski definition) is 1. The molecule has 1 aromatic heterocycles. The van der Waals surface area contributed by atoms with E-state index in [2.05, 4.69) is 21.2 Å². The number of aryl methyl sites for hydroxylation is 1. The number of sulfonamides is 1. The maximum atomic E-state index is 12.8. The van der Waals surface area contributed by atoms with Gasteiger partial charge in [-0.1, -0.05) is 0 Å². The highest BCUT2D eigenvalue weighted by Crippen LogP contribution is 2.33. The van der Waals surface area contributed by atoms with Crippen molar-refractivity contribution in [2.45, 2.75) is 43.5 Å². The van der Waals surface area contributed by atoms with Gasteiger partial charge in [0, 0.05) is 24.0 Å². The van der Waals surface area contributed by atoms with Gasteiger partial charge < -0.3 is 5.32 Å². The molecule has 0 bridgehead atoms. The molecule has 1 atom stereocenters. The van der Waals surface area contributed by atoms with Gasteiger partial charge in [-0.05, 0) is 67.1 Å². The fraction of sp³-hybridized carbons (Fsp3) is 0.714. The number of thiophene rings is 1. The van der Waals surface area contributed by atoms with Crippen molar-refractivity contribution in [1.82, 2.24) is 9.62 Å². The summed E-state index contributed by atoms with van der Waals surface area (Å²) in [5, 5.41) is 3.53. The van der Waals surface area contributed by atoms with E-state index >= 15 is 0 Å². The van der Waals surface area contributed by atoms with Crippen LogP contribution in [0.25, 0.3) is 0 Å². The van der Waals surface area contributed by atoms with Crippen molar-refractivity contribution in [1.29, 1.82) is 0 Å². The van der Waals surface area contributed by atoms with E-state index in [0.717, 1.165) is 28.0 Å². The van der Waals surface area contributed by atoms with Crippen LogP contribution in [0.3, 0.4) is 0 Å². The van der Waals surface area contributed by atoms with Crippen molar-refractivity contribution in [3.63, 3.8) is 0 Å². The molecule has 0 spiro atoms. The summed E-state index contributed by atoms with van der Waals surface area (Å²) in [5.74, 6) is 0.441. The molecular formula is C14H21BrN2O2S2. The smallest absolute Gasteiger partial charge is 0.244 e. The molecule has 1 aromatic rings. The second-order valence-electron chi connectivity index (χ2n) is 6.02. The first kappa shape index (κ1) is 15.9. The zero-order valence-corrected chi connectivity index (χ0v) is 15.4. The van der Waals surface area contributed by atoms with E-state index in [9.17, 15) is 8.42 Å². The predicted molar refractivity (Wildman–Crippen MR) is 89.3 cm³/mol. The summed E-state index contributed by atoms with van der Waals surface area (Å²) >= 11 is 4.87. The lowest BCUT2D eigenvalue weighted by Gasteiger charge is -2.32.